The summed E-state index contributed by atoms with van der Waals surface area (Å²) in [6.07, 6.45) is 6.34. The fourth-order valence-electron chi connectivity index (χ4n) is 4.46. The lowest BCUT2D eigenvalue weighted by atomic mass is 9.95. The summed E-state index contributed by atoms with van der Waals surface area (Å²) in [7, 11) is 1.75. The number of thiocarbonyl (C=S) groups is 1. The van der Waals surface area contributed by atoms with Crippen molar-refractivity contribution in [1.82, 2.24) is 10.6 Å². The lowest BCUT2D eigenvalue weighted by Crippen LogP contribution is -2.42. The van der Waals surface area contributed by atoms with Gasteiger partial charge in [-0.25, -0.2) is 0 Å². The summed E-state index contributed by atoms with van der Waals surface area (Å²) in [5.41, 5.74) is 2.85. The second-order valence-corrected chi connectivity index (χ2v) is 9.64. The first-order valence-corrected chi connectivity index (χ1v) is 13.2. The summed E-state index contributed by atoms with van der Waals surface area (Å²) in [5.74, 6) is 0.258. The molecule has 1 fully saturated rings. The number of hydrogen-bond acceptors (Lipinski definition) is 4. The Bertz CT molecular complexity index is 1210. The number of hydrogen-bond donors (Lipinski definition) is 2. The highest BCUT2D eigenvalue weighted by Gasteiger charge is 2.21. The number of anilines is 1. The summed E-state index contributed by atoms with van der Waals surface area (Å²) in [6.45, 7) is 0.554. The summed E-state index contributed by atoms with van der Waals surface area (Å²) in [5, 5.41) is 6.14. The summed E-state index contributed by atoms with van der Waals surface area (Å²) >= 11 is 5.51. The largest absolute Gasteiger partial charge is 0.493 e. The average molecular weight is 516 g/mol. The highest BCUT2D eigenvalue weighted by Crippen LogP contribution is 2.22. The third-order valence-corrected chi connectivity index (χ3v) is 6.97. The van der Waals surface area contributed by atoms with Gasteiger partial charge in [0.15, 0.2) is 5.11 Å². The van der Waals surface area contributed by atoms with E-state index in [-0.39, 0.29) is 23.0 Å². The fraction of sp³-hybridized carbons (Fsp3) is 0.300. The van der Waals surface area contributed by atoms with Crippen molar-refractivity contribution in [2.45, 2.75) is 44.6 Å². The topological polar surface area (TPSA) is 70.7 Å². The molecule has 192 valence electrons. The Morgan fingerprint density at radius 3 is 2.30 bits per heavy atom. The SMILES string of the molecule is CN(C(=S)NC(=O)c1ccc(OCCc2ccccc2)cc1)c1ccccc1C(=O)NC1CCCCC1. The monoisotopic (exact) mass is 515 g/mol. The van der Waals surface area contributed by atoms with Crippen molar-refractivity contribution < 1.29 is 14.3 Å². The van der Waals surface area contributed by atoms with Crippen LogP contribution in [0, 0.1) is 0 Å². The molecular formula is C30H33N3O3S. The molecule has 0 saturated heterocycles. The van der Waals surface area contributed by atoms with Crippen molar-refractivity contribution in [2.75, 3.05) is 18.6 Å². The van der Waals surface area contributed by atoms with Crippen LogP contribution in [0.3, 0.4) is 0 Å². The van der Waals surface area contributed by atoms with Crippen molar-refractivity contribution >= 4 is 34.8 Å². The molecule has 3 aromatic rings. The molecule has 2 N–H and O–H groups in total. The van der Waals surface area contributed by atoms with Crippen molar-refractivity contribution in [3.05, 3.63) is 95.6 Å². The van der Waals surface area contributed by atoms with Gasteiger partial charge in [0, 0.05) is 25.1 Å². The molecule has 1 aliphatic rings. The average Bonchev–Trinajstić information content (AvgIpc) is 2.94. The summed E-state index contributed by atoms with van der Waals surface area (Å²) in [6, 6.07) is 24.6. The predicted octanol–water partition coefficient (Wildman–Crippen LogP) is 5.52. The van der Waals surface area contributed by atoms with Gasteiger partial charge in [0.1, 0.15) is 5.75 Å². The lowest BCUT2D eigenvalue weighted by molar-refractivity contribution is 0.0927. The van der Waals surface area contributed by atoms with Crippen molar-refractivity contribution in [3.63, 3.8) is 0 Å². The van der Waals surface area contributed by atoms with Crippen LogP contribution in [-0.2, 0) is 6.42 Å². The molecule has 7 heteroatoms. The van der Waals surface area contributed by atoms with Gasteiger partial charge in [-0.2, -0.15) is 0 Å². The van der Waals surface area contributed by atoms with Gasteiger partial charge in [-0.1, -0.05) is 61.7 Å². The molecule has 2 amide bonds. The van der Waals surface area contributed by atoms with Crippen molar-refractivity contribution in [3.8, 4) is 5.75 Å². The highest BCUT2D eigenvalue weighted by atomic mass is 32.1. The quantitative estimate of drug-likeness (QED) is 0.387. The van der Waals surface area contributed by atoms with E-state index in [0.717, 1.165) is 32.1 Å². The van der Waals surface area contributed by atoms with Crippen LogP contribution in [0.5, 0.6) is 5.75 Å². The van der Waals surface area contributed by atoms with Gasteiger partial charge < -0.3 is 15.0 Å². The molecule has 0 unspecified atom stereocenters. The molecular weight excluding hydrogens is 482 g/mol. The standard InChI is InChI=1S/C30H33N3O3S/c1-33(27-15-9-8-14-26(27)29(35)31-24-12-6-3-7-13-24)30(37)32-28(34)23-16-18-25(19-17-23)36-21-20-22-10-4-2-5-11-22/h2,4-5,8-11,14-19,24H,3,6-7,12-13,20-21H2,1H3,(H,31,35)(H,32,34,37). The smallest absolute Gasteiger partial charge is 0.257 e. The molecule has 0 atom stereocenters. The molecule has 0 bridgehead atoms. The maximum atomic E-state index is 13.0. The number of ether oxygens (including phenoxy) is 1. The maximum Gasteiger partial charge on any atom is 0.257 e. The number of rotatable bonds is 8. The lowest BCUT2D eigenvalue weighted by Gasteiger charge is -2.26. The zero-order chi connectivity index (χ0) is 26.0. The molecule has 0 heterocycles. The van der Waals surface area contributed by atoms with Gasteiger partial charge in [-0.15, -0.1) is 0 Å². The van der Waals surface area contributed by atoms with E-state index in [0.29, 0.717) is 29.2 Å². The van der Waals surface area contributed by atoms with Crippen LogP contribution in [0.1, 0.15) is 58.4 Å². The number of carbonyl (C=O) groups excluding carboxylic acids is 2. The van der Waals surface area contributed by atoms with Gasteiger partial charge in [-0.05, 0) is 67.0 Å². The Kier molecular flexibility index (Phi) is 9.27. The van der Waals surface area contributed by atoms with Crippen molar-refractivity contribution in [1.29, 1.82) is 0 Å². The van der Waals surface area contributed by atoms with E-state index in [1.165, 1.54) is 12.0 Å². The third kappa shape index (κ3) is 7.40. The molecule has 6 nitrogen and oxygen atoms in total. The number of nitrogens with one attached hydrogen (secondary N) is 2. The zero-order valence-corrected chi connectivity index (χ0v) is 21.9. The molecule has 37 heavy (non-hydrogen) atoms. The fourth-order valence-corrected chi connectivity index (χ4v) is 4.66. The van der Waals surface area contributed by atoms with Gasteiger partial charge >= 0.3 is 0 Å². The first kappa shape index (κ1) is 26.4. The van der Waals surface area contributed by atoms with Crippen molar-refractivity contribution in [2.24, 2.45) is 0 Å². The van der Waals surface area contributed by atoms with E-state index >= 15 is 0 Å². The number of benzene rings is 3. The van der Waals surface area contributed by atoms with Gasteiger partial charge in [0.2, 0.25) is 0 Å². The molecule has 0 spiro atoms. The Labute approximate surface area is 224 Å². The first-order valence-electron chi connectivity index (χ1n) is 12.8. The molecule has 0 radical (unpaired) electrons. The second kappa shape index (κ2) is 13.0. The Morgan fingerprint density at radius 1 is 0.892 bits per heavy atom. The van der Waals surface area contributed by atoms with E-state index in [1.807, 2.05) is 36.4 Å². The third-order valence-electron chi connectivity index (χ3n) is 6.59. The summed E-state index contributed by atoms with van der Waals surface area (Å²) in [4.78, 5) is 27.5. The maximum absolute atomic E-state index is 13.0. The number of amides is 2. The summed E-state index contributed by atoms with van der Waals surface area (Å²) < 4.78 is 5.81. The Morgan fingerprint density at radius 2 is 1.57 bits per heavy atom. The molecule has 1 aliphatic carbocycles. The van der Waals surface area contributed by atoms with Crippen LogP contribution >= 0.6 is 12.2 Å². The number of nitrogens with zero attached hydrogens (tertiary/aromatic N) is 1. The minimum absolute atomic E-state index is 0.119. The second-order valence-electron chi connectivity index (χ2n) is 9.25. The minimum atomic E-state index is -0.322. The first-order chi connectivity index (χ1) is 18.0. The van der Waals surface area contributed by atoms with E-state index in [9.17, 15) is 9.59 Å². The molecule has 1 saturated carbocycles. The minimum Gasteiger partial charge on any atom is -0.493 e. The van der Waals surface area contributed by atoms with Gasteiger partial charge in [0.25, 0.3) is 11.8 Å². The van der Waals surface area contributed by atoms with E-state index in [2.05, 4.69) is 22.8 Å². The molecule has 0 aliphatic heterocycles. The molecule has 0 aromatic heterocycles. The van der Waals surface area contributed by atoms with E-state index in [1.54, 1.807) is 42.3 Å². The van der Waals surface area contributed by atoms with E-state index in [4.69, 9.17) is 17.0 Å². The van der Waals surface area contributed by atoms with Crippen LogP contribution < -0.4 is 20.3 Å². The van der Waals surface area contributed by atoms with Crippen LogP contribution in [0.15, 0.2) is 78.9 Å². The normalized spacial score (nSPS) is 13.4. The van der Waals surface area contributed by atoms with Gasteiger partial charge in [0.05, 0.1) is 17.9 Å². The number of para-hydroxylation sites is 1. The van der Waals surface area contributed by atoms with Crippen LogP contribution in [0.2, 0.25) is 0 Å². The molecule has 3 aromatic carbocycles. The Hall–Kier alpha value is -3.71. The Balaban J connectivity index is 1.32. The van der Waals surface area contributed by atoms with Crippen LogP contribution in [-0.4, -0.2) is 36.6 Å². The van der Waals surface area contributed by atoms with Crippen LogP contribution in [0.4, 0.5) is 5.69 Å². The van der Waals surface area contributed by atoms with E-state index < -0.39 is 0 Å². The molecule has 4 rings (SSSR count). The zero-order valence-electron chi connectivity index (χ0n) is 21.1. The highest BCUT2D eigenvalue weighted by molar-refractivity contribution is 7.80. The van der Waals surface area contributed by atoms with Crippen LogP contribution in [0.25, 0.3) is 0 Å². The predicted molar refractivity (Wildman–Crippen MR) is 151 cm³/mol. The van der Waals surface area contributed by atoms with Gasteiger partial charge in [-0.3, -0.25) is 14.9 Å². The number of carbonyl (C=O) groups is 2.